The summed E-state index contributed by atoms with van der Waals surface area (Å²) in [6.45, 7) is 8.39. The van der Waals surface area contributed by atoms with Crippen molar-refractivity contribution in [2.24, 2.45) is 11.8 Å². The van der Waals surface area contributed by atoms with Gasteiger partial charge in [0.15, 0.2) is 5.82 Å². The van der Waals surface area contributed by atoms with Crippen molar-refractivity contribution in [2.45, 2.75) is 121 Å². The highest BCUT2D eigenvalue weighted by Gasteiger charge is 2.57. The first-order valence-corrected chi connectivity index (χ1v) is 20.6. The average molecular weight is 803 g/mol. The molecule has 0 unspecified atom stereocenters. The zero-order chi connectivity index (χ0) is 39.4. The van der Waals surface area contributed by atoms with Crippen LogP contribution in [0.5, 0.6) is 0 Å². The molecule has 7 atom stereocenters. The molecule has 6 aliphatic rings. The minimum atomic E-state index is -0.665. The Labute approximate surface area is 335 Å². The number of aliphatic hydroxyl groups excluding tert-OH is 1. The van der Waals surface area contributed by atoms with Crippen molar-refractivity contribution < 1.29 is 28.6 Å². The summed E-state index contributed by atoms with van der Waals surface area (Å²) in [6.07, 6.45) is 3.57. The number of ether oxygens (including phenoxy) is 2. The first kappa shape index (κ1) is 37.6. The van der Waals surface area contributed by atoms with Gasteiger partial charge in [-0.15, -0.1) is 0 Å². The Hall–Kier alpha value is -3.95. The minimum absolute atomic E-state index is 0.0244. The highest BCUT2D eigenvalue weighted by Crippen LogP contribution is 2.55. The van der Waals surface area contributed by atoms with Crippen molar-refractivity contribution in [3.63, 3.8) is 0 Å². The number of aromatic nitrogens is 2. The molecular formula is C43H46Cl2FN5O5. The number of nitriles is 1. The molecule has 2 bridgehead atoms. The molecule has 2 aromatic heterocycles. The largest absolute Gasteiger partial charge is 0.444 e. The predicted molar refractivity (Wildman–Crippen MR) is 211 cm³/mol. The van der Waals surface area contributed by atoms with E-state index in [0.717, 1.165) is 42.3 Å². The smallest absolute Gasteiger partial charge is 0.410 e. The molecule has 10 rings (SSSR count). The lowest BCUT2D eigenvalue weighted by Crippen LogP contribution is -2.45. The van der Waals surface area contributed by atoms with Crippen LogP contribution in [0, 0.1) is 35.9 Å². The molecule has 3 aliphatic heterocycles. The zero-order valence-corrected chi connectivity index (χ0v) is 33.5. The number of hydrogen-bond acceptors (Lipinski definition) is 7. The fraction of sp³-hybridized carbons (Fsp3) is 0.535. The second kappa shape index (κ2) is 13.9. The number of likely N-dealkylation sites (tertiary alicyclic amines) is 1. The number of nitrogens with zero attached hydrogens (tertiary/aromatic N) is 5. The number of carbonyl (C=O) groups is 2. The third kappa shape index (κ3) is 6.23. The number of hydrogen-bond donors (Lipinski definition) is 1. The van der Waals surface area contributed by atoms with Gasteiger partial charge < -0.3 is 28.9 Å². The van der Waals surface area contributed by atoms with Crippen LogP contribution in [-0.2, 0) is 20.7 Å². The van der Waals surface area contributed by atoms with E-state index in [1.807, 2.05) is 43.6 Å². The number of benzene rings is 2. The fourth-order valence-corrected chi connectivity index (χ4v) is 10.00. The average Bonchev–Trinajstić information content (AvgIpc) is 3.43. The van der Waals surface area contributed by atoms with Crippen molar-refractivity contribution in [3.8, 4) is 17.2 Å². The molecule has 294 valence electrons. The van der Waals surface area contributed by atoms with Crippen LogP contribution < -0.4 is 0 Å². The van der Waals surface area contributed by atoms with Crippen LogP contribution >= 0.6 is 23.2 Å². The van der Waals surface area contributed by atoms with E-state index in [9.17, 15) is 20.0 Å². The molecule has 4 aromatic rings. The van der Waals surface area contributed by atoms with E-state index >= 15 is 4.39 Å². The van der Waals surface area contributed by atoms with Crippen LogP contribution in [0.25, 0.3) is 32.9 Å². The lowest BCUT2D eigenvalue weighted by atomic mass is 9.79. The Balaban J connectivity index is 1.26. The summed E-state index contributed by atoms with van der Waals surface area (Å²) in [5.41, 5.74) is 3.10. The molecule has 6 fully saturated rings. The molecule has 0 spiro atoms. The quantitative estimate of drug-likeness (QED) is 0.189. The van der Waals surface area contributed by atoms with Crippen LogP contribution in [0.15, 0.2) is 30.3 Å². The maximum atomic E-state index is 17.4. The van der Waals surface area contributed by atoms with Crippen LogP contribution in [0.1, 0.15) is 94.8 Å². The number of carbonyl (C=O) groups excluding carboxylic acids is 2. The van der Waals surface area contributed by atoms with Crippen LogP contribution in [0.2, 0.25) is 10.0 Å². The van der Waals surface area contributed by atoms with Crippen molar-refractivity contribution in [1.82, 2.24) is 19.4 Å². The van der Waals surface area contributed by atoms with Gasteiger partial charge in [0.25, 0.3) is 0 Å². The molecule has 1 N–H and O–H groups in total. The van der Waals surface area contributed by atoms with Gasteiger partial charge in [0.1, 0.15) is 11.1 Å². The van der Waals surface area contributed by atoms with Gasteiger partial charge in [0.2, 0.25) is 5.91 Å². The van der Waals surface area contributed by atoms with Gasteiger partial charge in [-0.05, 0) is 90.0 Å². The van der Waals surface area contributed by atoms with Gasteiger partial charge in [-0.25, -0.2) is 14.2 Å². The summed E-state index contributed by atoms with van der Waals surface area (Å²) in [6, 6.07) is 10.7. The Kier molecular flexibility index (Phi) is 9.31. The number of fused-ring (bicyclic) bond motifs is 4. The molecule has 0 radical (unpaired) electrons. The summed E-state index contributed by atoms with van der Waals surface area (Å²) in [5, 5.41) is 22.0. The summed E-state index contributed by atoms with van der Waals surface area (Å²) in [4.78, 5) is 36.4. The lowest BCUT2D eigenvalue weighted by Gasteiger charge is -2.40. The minimum Gasteiger partial charge on any atom is -0.444 e. The molecular weight excluding hydrogens is 756 g/mol. The third-order valence-corrected chi connectivity index (χ3v) is 13.4. The topological polar surface area (TPSA) is 121 Å². The SMILES string of the molecule is Cc1nc2c(F)c(-c3cccc(Cl)c3Cl)c(CCC#N)cc2c2c1cc([C@H]1C[C@H](O[C@@H]3CC[C@H]3O)CN1C(=O)C1CC1)n2[C@H]1[C@@H]2C[C@H]1N(C(=O)OC(C)(C)C)C2. The first-order valence-electron chi connectivity index (χ1n) is 19.9. The van der Waals surface area contributed by atoms with E-state index < -0.39 is 17.5 Å². The maximum absolute atomic E-state index is 17.4. The van der Waals surface area contributed by atoms with E-state index in [2.05, 4.69) is 16.7 Å². The van der Waals surface area contributed by atoms with Gasteiger partial charge in [-0.1, -0.05) is 35.3 Å². The number of aliphatic hydroxyl groups is 1. The Morgan fingerprint density at radius 3 is 2.54 bits per heavy atom. The van der Waals surface area contributed by atoms with E-state index in [0.29, 0.717) is 53.2 Å². The predicted octanol–water partition coefficient (Wildman–Crippen LogP) is 8.84. The van der Waals surface area contributed by atoms with Crippen molar-refractivity contribution in [3.05, 3.63) is 63.1 Å². The van der Waals surface area contributed by atoms with Crippen LogP contribution in [0.4, 0.5) is 9.18 Å². The van der Waals surface area contributed by atoms with Crippen LogP contribution in [0.3, 0.4) is 0 Å². The Morgan fingerprint density at radius 1 is 1.07 bits per heavy atom. The number of aryl methyl sites for hydroxylation is 2. The lowest BCUT2D eigenvalue weighted by molar-refractivity contribution is -0.137. The molecule has 5 heterocycles. The maximum Gasteiger partial charge on any atom is 0.410 e. The van der Waals surface area contributed by atoms with Crippen molar-refractivity contribution in [2.75, 3.05) is 13.1 Å². The Bertz CT molecular complexity index is 2330. The molecule has 3 saturated heterocycles. The fourth-order valence-electron chi connectivity index (χ4n) is 9.60. The summed E-state index contributed by atoms with van der Waals surface area (Å²) in [5.74, 6) is -0.371. The standard InChI is InChI=1S/C43H46Cl2FN5O5/c1-21-27-18-31(30-17-25(55-34-13-12-33(34)52)20-49(30)41(53)22-10-11-22)51(39-24-16-32(39)50(19-24)42(54)56-43(2,3)4)40(27)28-15-23(7-6-14-47)35(37(46)38(28)48-21)26-8-5-9-29(44)36(26)45/h5,8-9,15,18,22,24-25,30,32-34,39,52H,6-7,10-13,16-17,19-20H2,1-4H3/t24-,25+,30-,32-,33-,34-,39+/m1/s1. The molecule has 56 heavy (non-hydrogen) atoms. The number of halogens is 3. The van der Waals surface area contributed by atoms with Gasteiger partial charge in [-0.3, -0.25) is 4.79 Å². The monoisotopic (exact) mass is 801 g/mol. The van der Waals surface area contributed by atoms with Gasteiger partial charge in [0.05, 0.1) is 58.1 Å². The first-order chi connectivity index (χ1) is 26.7. The summed E-state index contributed by atoms with van der Waals surface area (Å²) in [7, 11) is 0. The second-order valence-corrected chi connectivity index (χ2v) is 18.2. The van der Waals surface area contributed by atoms with Gasteiger partial charge >= 0.3 is 6.09 Å². The molecule has 13 heteroatoms. The van der Waals surface area contributed by atoms with Crippen LogP contribution in [-0.4, -0.2) is 79.5 Å². The van der Waals surface area contributed by atoms with E-state index in [1.54, 1.807) is 18.2 Å². The van der Waals surface area contributed by atoms with Crippen molar-refractivity contribution >= 4 is 57.0 Å². The van der Waals surface area contributed by atoms with E-state index in [-0.39, 0.29) is 83.1 Å². The van der Waals surface area contributed by atoms with Gasteiger partial charge in [0, 0.05) is 71.1 Å². The zero-order valence-electron chi connectivity index (χ0n) is 32.0. The normalized spacial score (nSPS) is 27.1. The Morgan fingerprint density at radius 2 is 1.86 bits per heavy atom. The molecule has 10 nitrogen and oxygen atoms in total. The summed E-state index contributed by atoms with van der Waals surface area (Å²) < 4.78 is 32.0. The summed E-state index contributed by atoms with van der Waals surface area (Å²) >= 11 is 13.2. The molecule has 3 aliphatic carbocycles. The molecule has 3 saturated carbocycles. The van der Waals surface area contributed by atoms with Gasteiger partial charge in [-0.2, -0.15) is 5.26 Å². The highest BCUT2D eigenvalue weighted by molar-refractivity contribution is 6.43. The number of amides is 2. The van der Waals surface area contributed by atoms with E-state index in [4.69, 9.17) is 37.7 Å². The van der Waals surface area contributed by atoms with Crippen molar-refractivity contribution in [1.29, 1.82) is 5.26 Å². The molecule has 2 amide bonds. The third-order valence-electron chi connectivity index (χ3n) is 12.6. The number of pyridine rings is 1. The van der Waals surface area contributed by atoms with E-state index in [1.165, 1.54) is 0 Å². The highest BCUT2D eigenvalue weighted by atomic mass is 35.5. The second-order valence-electron chi connectivity index (χ2n) is 17.4. The number of rotatable bonds is 8. The molecule has 2 aromatic carbocycles.